The van der Waals surface area contributed by atoms with E-state index in [0.717, 1.165) is 11.8 Å². The normalized spacial score (nSPS) is 12.3. The molecule has 58 valence electrons. The summed E-state index contributed by atoms with van der Waals surface area (Å²) in [5, 5.41) is 0. The van der Waals surface area contributed by atoms with Crippen molar-refractivity contribution in [2.24, 2.45) is 11.8 Å². The van der Waals surface area contributed by atoms with Gasteiger partial charge in [-0.15, -0.1) is 0 Å². The Balaban J connectivity index is 0. The Labute approximate surface area is 60.7 Å². The van der Waals surface area contributed by atoms with Crippen LogP contribution in [-0.2, 0) is 0 Å². The molecule has 0 aliphatic rings. The molecule has 0 heterocycles. The Bertz CT molecular complexity index is 37.3. The Morgan fingerprint density at radius 1 is 1.00 bits per heavy atom. The molecule has 0 aromatic carbocycles. The molecular formula is C9H22. The molecule has 0 amide bonds. The second kappa shape index (κ2) is 8.00. The van der Waals surface area contributed by atoms with Gasteiger partial charge in [0.05, 0.1) is 0 Å². The largest absolute Gasteiger partial charge is 0.0683 e. The highest BCUT2D eigenvalue weighted by atomic mass is 14.1. The minimum absolute atomic E-state index is 0.866. The Morgan fingerprint density at radius 3 is 1.33 bits per heavy atom. The molecule has 9 heavy (non-hydrogen) atoms. The van der Waals surface area contributed by atoms with Crippen LogP contribution in [0.1, 0.15) is 48.0 Å². The molecule has 0 nitrogen and oxygen atoms in total. The molecule has 0 unspecified atom stereocenters. The standard InChI is InChI=1S/C7H16.C2H6/c1-5-7(4)6(2)3;1-2/h6-7H,5H2,1-4H3;1-2H3/t7-;/m1./s1. The van der Waals surface area contributed by atoms with Crippen LogP contribution in [0, 0.1) is 11.8 Å². The van der Waals surface area contributed by atoms with Gasteiger partial charge < -0.3 is 0 Å². The van der Waals surface area contributed by atoms with Crippen LogP contribution in [0.15, 0.2) is 0 Å². The van der Waals surface area contributed by atoms with Crippen molar-refractivity contribution in [3.05, 3.63) is 0 Å². The predicted octanol–water partition coefficient (Wildman–Crippen LogP) is 3.71. The third kappa shape index (κ3) is 8.00. The fourth-order valence-corrected chi connectivity index (χ4v) is 0.471. The first-order chi connectivity index (χ1) is 4.18. The number of rotatable bonds is 2. The van der Waals surface area contributed by atoms with Crippen LogP contribution in [-0.4, -0.2) is 0 Å². The molecule has 0 fully saturated rings. The van der Waals surface area contributed by atoms with Crippen LogP contribution in [0.4, 0.5) is 0 Å². The topological polar surface area (TPSA) is 0 Å². The average Bonchev–Trinajstić information content (AvgIpc) is 1.91. The van der Waals surface area contributed by atoms with Gasteiger partial charge in [-0.05, 0) is 11.8 Å². The summed E-state index contributed by atoms with van der Waals surface area (Å²) < 4.78 is 0. The summed E-state index contributed by atoms with van der Waals surface area (Å²) in [5.74, 6) is 1.77. The van der Waals surface area contributed by atoms with E-state index < -0.39 is 0 Å². The van der Waals surface area contributed by atoms with Gasteiger partial charge in [-0.3, -0.25) is 0 Å². The molecule has 1 atom stereocenters. The lowest BCUT2D eigenvalue weighted by molar-refractivity contribution is 0.407. The molecule has 0 spiro atoms. The fourth-order valence-electron chi connectivity index (χ4n) is 0.471. The first-order valence-corrected chi connectivity index (χ1v) is 4.18. The highest BCUT2D eigenvalue weighted by Crippen LogP contribution is 2.11. The zero-order chi connectivity index (χ0) is 7.86. The highest BCUT2D eigenvalue weighted by molar-refractivity contribution is 4.52. The summed E-state index contributed by atoms with van der Waals surface area (Å²) in [7, 11) is 0. The predicted molar refractivity (Wildman–Crippen MR) is 45.6 cm³/mol. The van der Waals surface area contributed by atoms with Crippen molar-refractivity contribution in [1.82, 2.24) is 0 Å². The zero-order valence-electron chi connectivity index (χ0n) is 7.86. The Morgan fingerprint density at radius 2 is 1.33 bits per heavy atom. The second-order valence-corrected chi connectivity index (χ2v) is 2.63. The first kappa shape index (κ1) is 11.8. The van der Waals surface area contributed by atoms with Crippen LogP contribution in [0.5, 0.6) is 0 Å². The van der Waals surface area contributed by atoms with E-state index in [9.17, 15) is 0 Å². The lowest BCUT2D eigenvalue weighted by Crippen LogP contribution is -2.00. The summed E-state index contributed by atoms with van der Waals surface area (Å²) in [6, 6.07) is 0. The van der Waals surface area contributed by atoms with Crippen LogP contribution < -0.4 is 0 Å². The Hall–Kier alpha value is 0. The molecule has 0 saturated heterocycles. The van der Waals surface area contributed by atoms with Gasteiger partial charge in [0.1, 0.15) is 0 Å². The monoisotopic (exact) mass is 130 g/mol. The van der Waals surface area contributed by atoms with E-state index in [4.69, 9.17) is 0 Å². The molecule has 0 aromatic heterocycles. The molecule has 0 N–H and O–H groups in total. The molecule has 0 radical (unpaired) electrons. The molecule has 0 aliphatic heterocycles. The molecule has 0 rings (SSSR count). The minimum atomic E-state index is 0.866. The molecular weight excluding hydrogens is 108 g/mol. The van der Waals surface area contributed by atoms with Crippen LogP contribution in [0.3, 0.4) is 0 Å². The van der Waals surface area contributed by atoms with Crippen molar-refractivity contribution in [1.29, 1.82) is 0 Å². The molecule has 0 heteroatoms. The van der Waals surface area contributed by atoms with Crippen molar-refractivity contribution >= 4 is 0 Å². The van der Waals surface area contributed by atoms with Gasteiger partial charge in [-0.25, -0.2) is 0 Å². The number of hydrogen-bond acceptors (Lipinski definition) is 0. The Kier molecular flexibility index (Phi) is 10.4. The summed E-state index contributed by atoms with van der Waals surface area (Å²) in [6.07, 6.45) is 1.32. The molecule has 0 aliphatic carbocycles. The van der Waals surface area contributed by atoms with E-state index >= 15 is 0 Å². The first-order valence-electron chi connectivity index (χ1n) is 4.18. The lowest BCUT2D eigenvalue weighted by Gasteiger charge is -2.10. The van der Waals surface area contributed by atoms with E-state index in [-0.39, 0.29) is 0 Å². The van der Waals surface area contributed by atoms with E-state index in [0.29, 0.717) is 0 Å². The van der Waals surface area contributed by atoms with Gasteiger partial charge in [0.25, 0.3) is 0 Å². The SMILES string of the molecule is CC.CC[C@@H](C)C(C)C. The van der Waals surface area contributed by atoms with Gasteiger partial charge in [-0.1, -0.05) is 48.0 Å². The number of hydrogen-bond donors (Lipinski definition) is 0. The lowest BCUT2D eigenvalue weighted by atomic mass is 9.96. The van der Waals surface area contributed by atoms with E-state index in [2.05, 4.69) is 27.7 Å². The summed E-state index contributed by atoms with van der Waals surface area (Å²) in [5.41, 5.74) is 0. The highest BCUT2D eigenvalue weighted by Gasteiger charge is 2.01. The smallest absolute Gasteiger partial charge is 0.0422 e. The molecule has 0 bridgehead atoms. The fraction of sp³-hybridized carbons (Fsp3) is 1.00. The van der Waals surface area contributed by atoms with Gasteiger partial charge in [0.2, 0.25) is 0 Å². The second-order valence-electron chi connectivity index (χ2n) is 2.63. The van der Waals surface area contributed by atoms with Crippen LogP contribution >= 0.6 is 0 Å². The van der Waals surface area contributed by atoms with E-state index in [1.54, 1.807) is 0 Å². The van der Waals surface area contributed by atoms with Crippen molar-refractivity contribution in [2.75, 3.05) is 0 Å². The maximum atomic E-state index is 2.30. The van der Waals surface area contributed by atoms with Crippen molar-refractivity contribution in [3.63, 3.8) is 0 Å². The van der Waals surface area contributed by atoms with E-state index in [1.165, 1.54) is 6.42 Å². The summed E-state index contributed by atoms with van der Waals surface area (Å²) in [6.45, 7) is 13.1. The third-order valence-electron chi connectivity index (χ3n) is 1.78. The van der Waals surface area contributed by atoms with Crippen LogP contribution in [0.2, 0.25) is 0 Å². The molecule has 0 saturated carbocycles. The third-order valence-corrected chi connectivity index (χ3v) is 1.78. The molecule has 0 aromatic rings. The zero-order valence-corrected chi connectivity index (χ0v) is 7.86. The maximum absolute atomic E-state index is 2.30. The minimum Gasteiger partial charge on any atom is -0.0683 e. The summed E-state index contributed by atoms with van der Waals surface area (Å²) in [4.78, 5) is 0. The van der Waals surface area contributed by atoms with Crippen molar-refractivity contribution < 1.29 is 0 Å². The van der Waals surface area contributed by atoms with Crippen molar-refractivity contribution in [3.8, 4) is 0 Å². The maximum Gasteiger partial charge on any atom is -0.0422 e. The van der Waals surface area contributed by atoms with Crippen molar-refractivity contribution in [2.45, 2.75) is 48.0 Å². The van der Waals surface area contributed by atoms with Crippen LogP contribution in [0.25, 0.3) is 0 Å². The van der Waals surface area contributed by atoms with Gasteiger partial charge >= 0.3 is 0 Å². The summed E-state index contributed by atoms with van der Waals surface area (Å²) >= 11 is 0. The average molecular weight is 130 g/mol. The van der Waals surface area contributed by atoms with Gasteiger partial charge in [-0.2, -0.15) is 0 Å². The van der Waals surface area contributed by atoms with E-state index in [1.807, 2.05) is 13.8 Å². The quantitative estimate of drug-likeness (QED) is 0.534. The van der Waals surface area contributed by atoms with Gasteiger partial charge in [0, 0.05) is 0 Å². The van der Waals surface area contributed by atoms with Gasteiger partial charge in [0.15, 0.2) is 0 Å².